The average Bonchev–Trinajstić information content (AvgIpc) is 2.27. The van der Waals surface area contributed by atoms with Gasteiger partial charge < -0.3 is 0 Å². The van der Waals surface area contributed by atoms with Gasteiger partial charge in [-0.1, -0.05) is 0 Å². The van der Waals surface area contributed by atoms with E-state index in [4.69, 9.17) is 18.6 Å². The summed E-state index contributed by atoms with van der Waals surface area (Å²) < 4.78 is 8.96. The van der Waals surface area contributed by atoms with Crippen molar-refractivity contribution in [3.8, 4) is 0 Å². The van der Waals surface area contributed by atoms with Gasteiger partial charge in [-0.15, -0.1) is 0 Å². The molecule has 0 unspecified atom stereocenters. The fraction of sp³-hybridized carbons (Fsp3) is 0.750. The zero-order valence-electron chi connectivity index (χ0n) is 11.6. The summed E-state index contributed by atoms with van der Waals surface area (Å²) in [5.74, 6) is 0. The van der Waals surface area contributed by atoms with E-state index in [-0.39, 0.29) is 25.5 Å². The second-order valence-corrected chi connectivity index (χ2v) is 103. The number of carbonyl (C=O) groups is 2. The van der Waals surface area contributed by atoms with Crippen LogP contribution < -0.4 is 7.60 Å². The summed E-state index contributed by atoms with van der Waals surface area (Å²) in [7, 11) is 8.47. The summed E-state index contributed by atoms with van der Waals surface area (Å²) in [6, 6.07) is 0. The quantitative estimate of drug-likeness (QED) is 0.373. The van der Waals surface area contributed by atoms with Gasteiger partial charge in [0.05, 0.1) is 0 Å². The Balaban J connectivity index is 3.11. The summed E-state index contributed by atoms with van der Waals surface area (Å²) in [5, 5.41) is 0. The molecular weight excluding hydrogens is 514 g/mol. The monoisotopic (exact) mass is 532 g/mol. The summed E-state index contributed by atoms with van der Waals surface area (Å²) in [6.07, 6.45) is 4.12. The molecular formula is C8H18Cl2N2O2Ti6. The number of halogens is 2. The molecule has 2 amide bonds. The van der Waals surface area contributed by atoms with Crippen LogP contribution in [0.1, 0.15) is 26.7 Å². The van der Waals surface area contributed by atoms with Crippen LogP contribution in [0, 0.1) is 0 Å². The standard InChI is InChI=1S/2C3H7.2CH3NO.2ClH.6Ti/c2*1-3-2;2*2-1-3;;;;;;;;/h2*1,3H2,2H3;2*1H,(H2,2,3);2*1H;;;;;;/q;;;;;;;;;;+1;+3/p-4. The second-order valence-electron chi connectivity index (χ2n) is 4.87. The van der Waals surface area contributed by atoms with Gasteiger partial charge in [0.25, 0.3) is 0 Å². The van der Waals surface area contributed by atoms with Crippen molar-refractivity contribution in [2.45, 2.75) is 36.1 Å². The maximum absolute atomic E-state index is 11.0. The first-order chi connectivity index (χ1) is 9.31. The Morgan fingerprint density at radius 1 is 1.20 bits per heavy atom. The molecule has 0 spiro atoms. The number of nitrogens with one attached hydrogen (secondary N) is 2. The molecule has 12 heteroatoms. The summed E-state index contributed by atoms with van der Waals surface area (Å²) in [4.78, 5) is 22.0. The molecule has 0 aromatic rings. The molecule has 1 saturated heterocycles. The van der Waals surface area contributed by atoms with E-state index in [1.807, 2.05) is 0 Å². The fourth-order valence-electron chi connectivity index (χ4n) is 2.51. The van der Waals surface area contributed by atoms with Gasteiger partial charge in [0, 0.05) is 0 Å². The Labute approximate surface area is 148 Å². The van der Waals surface area contributed by atoms with Gasteiger partial charge in [0.2, 0.25) is 0 Å². The number of amides is 2. The first-order valence-electron chi connectivity index (χ1n) is 6.55. The van der Waals surface area contributed by atoms with Crippen LogP contribution in [0.25, 0.3) is 0 Å². The fourth-order valence-corrected chi connectivity index (χ4v) is 486. The van der Waals surface area contributed by atoms with E-state index < -0.39 is 41.7 Å². The normalized spacial score (nSPS) is 23.8. The second kappa shape index (κ2) is 9.49. The molecule has 0 bridgehead atoms. The van der Waals surface area contributed by atoms with Gasteiger partial charge in [-0.3, -0.25) is 0 Å². The van der Waals surface area contributed by atoms with Crippen molar-refractivity contribution in [3.63, 3.8) is 0 Å². The summed E-state index contributed by atoms with van der Waals surface area (Å²) in [6.45, 7) is 4.52. The Kier molecular flexibility index (Phi) is 10.4. The molecule has 0 aromatic carbocycles. The van der Waals surface area contributed by atoms with Crippen LogP contribution in [-0.4, -0.2) is 12.8 Å². The first kappa shape index (κ1) is 21.8. The van der Waals surface area contributed by atoms with Crippen molar-refractivity contribution in [3.05, 3.63) is 0 Å². The number of carbonyl (C=O) groups excluding carboxylic acids is 2. The Morgan fingerprint density at radius 3 is 2.25 bits per heavy atom. The molecule has 2 N–H and O–H groups in total. The van der Waals surface area contributed by atoms with Crippen LogP contribution in [0.15, 0.2) is 0 Å². The maximum atomic E-state index is 11.0. The van der Waals surface area contributed by atoms with E-state index in [2.05, 4.69) is 21.4 Å². The molecule has 0 radical (unpaired) electrons. The molecule has 20 heavy (non-hydrogen) atoms. The summed E-state index contributed by atoms with van der Waals surface area (Å²) >= 11 is -2.23. The molecule has 110 valence electrons. The molecule has 1 heterocycles. The average molecular weight is 532 g/mol. The third kappa shape index (κ3) is 6.60. The zero-order chi connectivity index (χ0) is 15.3. The van der Waals surface area contributed by atoms with Crippen molar-refractivity contribution >= 4 is 31.4 Å². The number of rotatable bonds is 8. The minimum absolute atomic E-state index is 0.0639. The third-order valence-electron chi connectivity index (χ3n) is 3.04. The molecule has 1 aliphatic heterocycles. The van der Waals surface area contributed by atoms with Gasteiger partial charge in [0.1, 0.15) is 0 Å². The van der Waals surface area contributed by atoms with Gasteiger partial charge in [-0.25, -0.2) is 0 Å². The van der Waals surface area contributed by atoms with Crippen molar-refractivity contribution in [1.29, 1.82) is 0 Å². The zero-order valence-corrected chi connectivity index (χ0v) is 22.4. The van der Waals surface area contributed by atoms with E-state index >= 15 is 0 Å². The van der Waals surface area contributed by atoms with E-state index in [1.165, 1.54) is 22.3 Å². The Morgan fingerprint density at radius 2 is 1.80 bits per heavy atom. The van der Waals surface area contributed by atoms with Crippen molar-refractivity contribution in [2.24, 2.45) is 0 Å². The van der Waals surface area contributed by atoms with Gasteiger partial charge in [0.15, 0.2) is 0 Å². The topological polar surface area (TPSA) is 58.2 Å². The van der Waals surface area contributed by atoms with Crippen LogP contribution in [0.2, 0.25) is 9.45 Å². The van der Waals surface area contributed by atoms with Crippen LogP contribution in [0.4, 0.5) is 0 Å². The van der Waals surface area contributed by atoms with Crippen molar-refractivity contribution < 1.29 is 76.7 Å². The van der Waals surface area contributed by atoms with Crippen LogP contribution >= 0.6 is 18.6 Å². The third-order valence-corrected chi connectivity index (χ3v) is 209. The number of hydrogen-bond donors (Lipinski definition) is 2. The van der Waals surface area contributed by atoms with E-state index in [1.54, 1.807) is 0 Å². The van der Waals surface area contributed by atoms with Crippen molar-refractivity contribution in [1.82, 2.24) is 7.60 Å². The molecule has 0 saturated carbocycles. The first-order valence-corrected chi connectivity index (χ1v) is 38.6. The van der Waals surface area contributed by atoms with Crippen LogP contribution in [0.3, 0.4) is 0 Å². The SMILES string of the molecule is CC[CH2][Ti]1([CH2]CC)[Ti][Ti]([NH]C=O)[Ti][Ti]([Cl])([Cl])([NH]C=O)[Ti]1. The van der Waals surface area contributed by atoms with Gasteiger partial charge in [-0.2, -0.15) is 0 Å². The minimum atomic E-state index is -3.64. The molecule has 0 aliphatic carbocycles. The van der Waals surface area contributed by atoms with Gasteiger partial charge in [-0.05, 0) is 0 Å². The summed E-state index contributed by atoms with van der Waals surface area (Å²) in [5.41, 5.74) is 0. The molecule has 0 atom stereocenters. The molecule has 1 aliphatic rings. The number of hydrogen-bond acceptors (Lipinski definition) is 2. The predicted molar refractivity (Wildman–Crippen MR) is 60.3 cm³/mol. The van der Waals surface area contributed by atoms with E-state index in [9.17, 15) is 9.59 Å². The Bertz CT molecular complexity index is 369. The van der Waals surface area contributed by atoms with Crippen molar-refractivity contribution in [2.75, 3.05) is 0 Å². The predicted octanol–water partition coefficient (Wildman–Crippen LogP) is 2.49. The van der Waals surface area contributed by atoms with Gasteiger partial charge >= 0.3 is 152 Å². The van der Waals surface area contributed by atoms with Crippen LogP contribution in [-0.2, 0) is 76.7 Å². The van der Waals surface area contributed by atoms with E-state index in [0.29, 0.717) is 0 Å². The molecule has 4 nitrogen and oxygen atoms in total. The Hall–Kier alpha value is 3.81. The molecule has 0 aromatic heterocycles. The molecule has 1 rings (SSSR count). The molecule has 1 fully saturated rings. The van der Waals surface area contributed by atoms with Crippen LogP contribution in [0.5, 0.6) is 0 Å². The van der Waals surface area contributed by atoms with E-state index in [0.717, 1.165) is 12.8 Å².